The number of anilines is 1. The fraction of sp³-hybridized carbons (Fsp3) is 0.367. The number of alkyl halides is 3. The van der Waals surface area contributed by atoms with Crippen LogP contribution in [-0.4, -0.2) is 60.3 Å². The molecule has 2 atom stereocenters. The van der Waals surface area contributed by atoms with Gasteiger partial charge in [0, 0.05) is 62.1 Å². The van der Waals surface area contributed by atoms with Crippen LogP contribution in [0, 0.1) is 18.6 Å². The third-order valence-corrected chi connectivity index (χ3v) is 8.34. The van der Waals surface area contributed by atoms with Crippen molar-refractivity contribution in [1.82, 2.24) is 23.8 Å². The highest BCUT2D eigenvalue weighted by Crippen LogP contribution is 2.36. The lowest BCUT2D eigenvalue weighted by Gasteiger charge is -2.38. The molecule has 4 heterocycles. The van der Waals surface area contributed by atoms with E-state index in [1.807, 2.05) is 0 Å². The summed E-state index contributed by atoms with van der Waals surface area (Å²) in [6.45, 7) is 1.50. The number of nitrogens with zero attached hydrogens (tertiary/aromatic N) is 5. The predicted molar refractivity (Wildman–Crippen MR) is 156 cm³/mol. The summed E-state index contributed by atoms with van der Waals surface area (Å²) in [7, 11) is 2.83. The van der Waals surface area contributed by atoms with Gasteiger partial charge in [-0.1, -0.05) is 0 Å². The van der Waals surface area contributed by atoms with Gasteiger partial charge in [-0.15, -0.1) is 0 Å². The van der Waals surface area contributed by atoms with E-state index >= 15 is 8.78 Å². The van der Waals surface area contributed by atoms with Crippen molar-refractivity contribution in [3.8, 4) is 11.1 Å². The van der Waals surface area contributed by atoms with Gasteiger partial charge in [-0.2, -0.15) is 13.2 Å². The molecular formula is C30H29F5N6O5. The number of aromatic nitrogens is 4. The first-order valence-corrected chi connectivity index (χ1v) is 14.2. The number of pyridine rings is 1. The van der Waals surface area contributed by atoms with Crippen LogP contribution in [0.3, 0.4) is 0 Å². The zero-order chi connectivity index (χ0) is 33.7. The van der Waals surface area contributed by atoms with E-state index in [-0.39, 0.29) is 36.3 Å². The molecule has 1 fully saturated rings. The second-order valence-electron chi connectivity index (χ2n) is 11.1. The van der Waals surface area contributed by atoms with Crippen molar-refractivity contribution in [2.75, 3.05) is 11.4 Å². The van der Waals surface area contributed by atoms with Crippen molar-refractivity contribution in [3.63, 3.8) is 0 Å². The molecule has 1 aliphatic rings. The number of halogens is 5. The molecule has 1 amide bonds. The molecule has 0 bridgehead atoms. The monoisotopic (exact) mass is 648 g/mol. The van der Waals surface area contributed by atoms with Crippen LogP contribution in [0.15, 0.2) is 46.2 Å². The Hall–Kier alpha value is -5.02. The average molecular weight is 649 g/mol. The van der Waals surface area contributed by atoms with E-state index in [1.165, 1.54) is 47.6 Å². The number of fused-ring (bicyclic) bond motifs is 1. The lowest BCUT2D eigenvalue weighted by atomic mass is 10.00. The molecule has 1 aromatic carbocycles. The molecule has 2 N–H and O–H groups in total. The fourth-order valence-electron chi connectivity index (χ4n) is 5.85. The van der Waals surface area contributed by atoms with E-state index in [9.17, 15) is 37.5 Å². The van der Waals surface area contributed by atoms with Gasteiger partial charge in [0.2, 0.25) is 0 Å². The largest absolute Gasteiger partial charge is 0.480 e. The normalized spacial score (nSPS) is 16.1. The van der Waals surface area contributed by atoms with Gasteiger partial charge in [0.05, 0.1) is 5.56 Å². The quantitative estimate of drug-likeness (QED) is 0.294. The Morgan fingerprint density at radius 1 is 1.09 bits per heavy atom. The van der Waals surface area contributed by atoms with Crippen molar-refractivity contribution in [2.24, 2.45) is 14.1 Å². The number of nitrogens with one attached hydrogen (secondary N) is 1. The number of carboxylic acid groups (broad SMARTS) is 1. The number of carbonyl (C=O) groups excluding carboxylic acids is 1. The van der Waals surface area contributed by atoms with Crippen LogP contribution in [0.4, 0.5) is 27.6 Å². The zero-order valence-electron chi connectivity index (χ0n) is 24.9. The Balaban J connectivity index is 1.44. The molecule has 5 rings (SSSR count). The summed E-state index contributed by atoms with van der Waals surface area (Å²) in [5.74, 6) is -5.84. The van der Waals surface area contributed by atoms with Crippen LogP contribution in [-0.2, 0) is 25.3 Å². The Morgan fingerprint density at radius 3 is 2.39 bits per heavy atom. The van der Waals surface area contributed by atoms with E-state index in [1.54, 1.807) is 6.92 Å². The fourth-order valence-corrected chi connectivity index (χ4v) is 5.85. The molecule has 16 heteroatoms. The first-order chi connectivity index (χ1) is 21.6. The summed E-state index contributed by atoms with van der Waals surface area (Å²) in [5, 5.41) is 12.0. The van der Waals surface area contributed by atoms with Crippen LogP contribution < -0.4 is 21.5 Å². The van der Waals surface area contributed by atoms with E-state index in [0.29, 0.717) is 41.9 Å². The Morgan fingerprint density at radius 2 is 1.76 bits per heavy atom. The second kappa shape index (κ2) is 12.1. The Labute approximate surface area is 257 Å². The first kappa shape index (κ1) is 32.4. The Kier molecular flexibility index (Phi) is 8.49. The van der Waals surface area contributed by atoms with Crippen molar-refractivity contribution in [1.29, 1.82) is 0 Å². The number of hydrogen-bond acceptors (Lipinski definition) is 6. The molecule has 1 aliphatic heterocycles. The molecule has 0 aliphatic carbocycles. The molecule has 0 radical (unpaired) electrons. The number of amides is 1. The van der Waals surface area contributed by atoms with Gasteiger partial charge in [-0.25, -0.2) is 23.4 Å². The molecule has 1 unspecified atom stereocenters. The molecule has 3 aromatic heterocycles. The second-order valence-corrected chi connectivity index (χ2v) is 11.1. The van der Waals surface area contributed by atoms with Gasteiger partial charge in [-0.3, -0.25) is 14.2 Å². The van der Waals surface area contributed by atoms with Gasteiger partial charge >= 0.3 is 17.8 Å². The molecular weight excluding hydrogens is 619 g/mol. The van der Waals surface area contributed by atoms with Crippen molar-refractivity contribution < 1.29 is 36.6 Å². The minimum atomic E-state index is -4.63. The van der Waals surface area contributed by atoms with Crippen molar-refractivity contribution >= 4 is 23.2 Å². The minimum absolute atomic E-state index is 0.0895. The summed E-state index contributed by atoms with van der Waals surface area (Å²) in [5.41, 5.74) is -1.17. The minimum Gasteiger partial charge on any atom is -0.480 e. The number of rotatable bonds is 7. The number of piperidine rings is 1. The maximum Gasteiger partial charge on any atom is 0.408 e. The van der Waals surface area contributed by atoms with E-state index in [0.717, 1.165) is 9.47 Å². The number of carboxylic acids is 1. The van der Waals surface area contributed by atoms with E-state index in [2.05, 4.69) is 10.3 Å². The molecule has 1 saturated heterocycles. The molecule has 11 nitrogen and oxygen atoms in total. The van der Waals surface area contributed by atoms with Crippen LogP contribution in [0.1, 0.15) is 41.0 Å². The molecule has 4 aromatic rings. The number of imidazole rings is 1. The van der Waals surface area contributed by atoms with Crippen molar-refractivity contribution in [2.45, 2.75) is 50.9 Å². The van der Waals surface area contributed by atoms with E-state index in [4.69, 9.17) is 0 Å². The van der Waals surface area contributed by atoms with Crippen LogP contribution in [0.25, 0.3) is 16.8 Å². The van der Waals surface area contributed by atoms with Gasteiger partial charge in [0.25, 0.3) is 11.5 Å². The third-order valence-electron chi connectivity index (χ3n) is 8.34. The molecule has 0 saturated carbocycles. The number of aliphatic carboxylic acids is 1. The highest BCUT2D eigenvalue weighted by atomic mass is 19.4. The Bertz CT molecular complexity index is 1960. The van der Waals surface area contributed by atoms with Gasteiger partial charge in [0.1, 0.15) is 34.9 Å². The molecule has 244 valence electrons. The molecule has 46 heavy (non-hydrogen) atoms. The van der Waals surface area contributed by atoms with Gasteiger partial charge in [-0.05, 0) is 50.5 Å². The average Bonchev–Trinajstić information content (AvgIpc) is 3.49. The first-order valence-electron chi connectivity index (χ1n) is 14.2. The smallest absolute Gasteiger partial charge is 0.408 e. The maximum atomic E-state index is 15.1. The number of hydrogen-bond donors (Lipinski definition) is 2. The third kappa shape index (κ3) is 5.74. The van der Waals surface area contributed by atoms with Crippen LogP contribution in [0.5, 0.6) is 0 Å². The highest BCUT2D eigenvalue weighted by Gasteiger charge is 2.45. The summed E-state index contributed by atoms with van der Waals surface area (Å²) in [6, 6.07) is 0.630. The lowest BCUT2D eigenvalue weighted by molar-refractivity contribution is -0.152. The predicted octanol–water partition coefficient (Wildman–Crippen LogP) is 3.33. The summed E-state index contributed by atoms with van der Waals surface area (Å²) >= 11 is 0. The van der Waals surface area contributed by atoms with Gasteiger partial charge < -0.3 is 24.3 Å². The van der Waals surface area contributed by atoms with E-state index < -0.39 is 58.6 Å². The zero-order valence-corrected chi connectivity index (χ0v) is 24.9. The summed E-state index contributed by atoms with van der Waals surface area (Å²) in [6.07, 6.45) is -1.71. The highest BCUT2D eigenvalue weighted by molar-refractivity contribution is 5.97. The van der Waals surface area contributed by atoms with Crippen LogP contribution >= 0.6 is 0 Å². The number of benzene rings is 1. The van der Waals surface area contributed by atoms with Crippen molar-refractivity contribution in [3.05, 3.63) is 86.1 Å². The summed E-state index contributed by atoms with van der Waals surface area (Å²) < 4.78 is 74.7. The lowest BCUT2D eigenvalue weighted by Crippen LogP contribution is -2.49. The van der Waals surface area contributed by atoms with Gasteiger partial charge in [0.15, 0.2) is 0 Å². The SMILES string of the molecule is Cc1c(-c2ccc(CC(NC(=O)c3c(F)cc(N4CCCC[C@H]4C(F)(F)F)cc3F)C(=O)O)n3ccnc23)c(=O)n(C)c(=O)n1C. The number of carbonyl (C=O) groups is 2. The molecule has 0 spiro atoms. The summed E-state index contributed by atoms with van der Waals surface area (Å²) in [4.78, 5) is 55.7. The topological polar surface area (TPSA) is 131 Å². The standard InChI is InChI=1S/C30H29F5N6O5/c1-15-23(27(43)39(3)29(46)38(15)2)18-8-7-16(41-11-9-36-25(18)41)14-21(28(44)45)37-26(42)24-19(31)12-17(13-20(24)32)40-10-5-4-6-22(40)30(33,34)35/h7-9,11-13,21-22H,4-6,10,14H2,1-3H3,(H,37,42)(H,44,45)/t21?,22-/m0/s1. The maximum absolute atomic E-state index is 15.1. The van der Waals surface area contributed by atoms with Crippen LogP contribution in [0.2, 0.25) is 0 Å².